The molecule has 1 unspecified atom stereocenters. The highest BCUT2D eigenvalue weighted by molar-refractivity contribution is 7.91. The van der Waals surface area contributed by atoms with E-state index < -0.39 is 9.84 Å². The van der Waals surface area contributed by atoms with Gasteiger partial charge in [-0.3, -0.25) is 4.90 Å². The molecule has 1 aliphatic rings. The minimum Gasteiger partial charge on any atom is -0.395 e. The summed E-state index contributed by atoms with van der Waals surface area (Å²) in [7, 11) is -3.40. The van der Waals surface area contributed by atoms with Gasteiger partial charge in [-0.2, -0.15) is 0 Å². The van der Waals surface area contributed by atoms with Crippen molar-refractivity contribution in [3.05, 3.63) is 11.9 Å². The normalized spacial score (nSPS) is 18.6. The van der Waals surface area contributed by atoms with Gasteiger partial charge in [-0.25, -0.2) is 13.4 Å². The minimum atomic E-state index is -3.40. The Morgan fingerprint density at radius 3 is 2.80 bits per heavy atom. The molecule has 0 amide bonds. The highest BCUT2D eigenvalue weighted by atomic mass is 32.2. The average Bonchev–Trinajstić information content (AvgIpc) is 3.18. The van der Waals surface area contributed by atoms with Crippen LogP contribution in [-0.2, 0) is 27.7 Å². The van der Waals surface area contributed by atoms with Gasteiger partial charge in [0.25, 0.3) is 0 Å². The third-order valence-corrected chi connectivity index (χ3v) is 6.37. The van der Waals surface area contributed by atoms with Gasteiger partial charge in [0, 0.05) is 25.7 Å². The van der Waals surface area contributed by atoms with Crippen LogP contribution < -0.4 is 0 Å². The number of ether oxygens (including phenoxy) is 1. The van der Waals surface area contributed by atoms with E-state index >= 15 is 0 Å². The molecule has 144 valence electrons. The largest absolute Gasteiger partial charge is 0.395 e. The zero-order valence-corrected chi connectivity index (χ0v) is 16.3. The van der Waals surface area contributed by atoms with Crippen LogP contribution >= 0.6 is 0 Å². The molecule has 1 aromatic rings. The Bertz CT molecular complexity index is 636. The Morgan fingerprint density at radius 1 is 1.48 bits per heavy atom. The van der Waals surface area contributed by atoms with Crippen LogP contribution in [0, 0.1) is 0 Å². The lowest BCUT2D eigenvalue weighted by Crippen LogP contribution is -2.34. The van der Waals surface area contributed by atoms with Crippen LogP contribution in [0.3, 0.4) is 0 Å². The summed E-state index contributed by atoms with van der Waals surface area (Å²) in [6.45, 7) is 8.38. The van der Waals surface area contributed by atoms with E-state index in [9.17, 15) is 13.5 Å². The molecule has 7 nitrogen and oxygen atoms in total. The molecule has 2 heterocycles. The van der Waals surface area contributed by atoms with Crippen LogP contribution in [0.2, 0.25) is 0 Å². The molecule has 0 bridgehead atoms. The van der Waals surface area contributed by atoms with Crippen LogP contribution in [0.1, 0.15) is 45.7 Å². The third kappa shape index (κ3) is 5.26. The van der Waals surface area contributed by atoms with E-state index in [-0.39, 0.29) is 29.7 Å². The van der Waals surface area contributed by atoms with Gasteiger partial charge in [0.05, 0.1) is 36.9 Å². The first-order valence-electron chi connectivity index (χ1n) is 9.12. The average molecular weight is 374 g/mol. The smallest absolute Gasteiger partial charge is 0.227 e. The summed E-state index contributed by atoms with van der Waals surface area (Å²) in [5, 5.41) is 9.43. The molecule has 0 spiro atoms. The summed E-state index contributed by atoms with van der Waals surface area (Å²) in [6.07, 6.45) is 4.20. The minimum absolute atomic E-state index is 0.0360. The highest BCUT2D eigenvalue weighted by Crippen LogP contribution is 2.21. The zero-order valence-electron chi connectivity index (χ0n) is 15.5. The number of rotatable bonds is 10. The standard InChI is InChI=1S/C17H31N3O4S/c1-4-10-25(22,23)17-18-11-15(12-19(7-8-21)14(2)3)20(17)13-16-6-5-9-24-16/h11,14,16,21H,4-10,12-13H2,1-3H3. The molecule has 2 rings (SSSR count). The molecule has 1 fully saturated rings. The molecular weight excluding hydrogens is 342 g/mol. The molecule has 0 aliphatic carbocycles. The van der Waals surface area contributed by atoms with Crippen LogP contribution in [0.5, 0.6) is 0 Å². The number of hydrogen-bond acceptors (Lipinski definition) is 6. The van der Waals surface area contributed by atoms with E-state index in [1.54, 1.807) is 6.20 Å². The number of aliphatic hydroxyl groups excluding tert-OH is 1. The molecule has 25 heavy (non-hydrogen) atoms. The fraction of sp³-hybridized carbons (Fsp3) is 0.824. The van der Waals surface area contributed by atoms with Crippen molar-refractivity contribution in [3.8, 4) is 0 Å². The van der Waals surface area contributed by atoms with Crippen LogP contribution in [0.4, 0.5) is 0 Å². The zero-order chi connectivity index (χ0) is 18.4. The van der Waals surface area contributed by atoms with Crippen molar-refractivity contribution in [1.82, 2.24) is 14.5 Å². The van der Waals surface area contributed by atoms with E-state index in [1.165, 1.54) is 0 Å². The molecule has 1 N–H and O–H groups in total. The van der Waals surface area contributed by atoms with Gasteiger partial charge in [-0.15, -0.1) is 0 Å². The van der Waals surface area contributed by atoms with Gasteiger partial charge in [-0.05, 0) is 33.1 Å². The maximum atomic E-state index is 12.6. The maximum absolute atomic E-state index is 12.6. The molecule has 1 aromatic heterocycles. The molecule has 8 heteroatoms. The number of sulfone groups is 1. The Kier molecular flexibility index (Phi) is 7.42. The topological polar surface area (TPSA) is 84.7 Å². The summed E-state index contributed by atoms with van der Waals surface area (Å²) in [4.78, 5) is 6.36. The first-order chi connectivity index (χ1) is 11.9. The van der Waals surface area contributed by atoms with Gasteiger partial charge in [0.2, 0.25) is 15.0 Å². The SMILES string of the molecule is CCCS(=O)(=O)c1ncc(CN(CCO)C(C)C)n1CC1CCCO1. The molecule has 1 aliphatic heterocycles. The highest BCUT2D eigenvalue weighted by Gasteiger charge is 2.27. The lowest BCUT2D eigenvalue weighted by molar-refractivity contribution is 0.0922. The third-order valence-electron chi connectivity index (χ3n) is 4.55. The maximum Gasteiger partial charge on any atom is 0.227 e. The van der Waals surface area contributed by atoms with Crippen molar-refractivity contribution in [2.45, 2.75) is 70.4 Å². The second-order valence-electron chi connectivity index (χ2n) is 6.88. The molecule has 0 saturated carbocycles. The summed E-state index contributed by atoms with van der Waals surface area (Å²) in [5.74, 6) is 0.0967. The van der Waals surface area contributed by atoms with Crippen molar-refractivity contribution >= 4 is 9.84 Å². The van der Waals surface area contributed by atoms with Crippen molar-refractivity contribution in [2.24, 2.45) is 0 Å². The molecule has 0 aromatic carbocycles. The molecule has 0 radical (unpaired) electrons. The Morgan fingerprint density at radius 2 is 2.24 bits per heavy atom. The number of aromatic nitrogens is 2. The summed E-state index contributed by atoms with van der Waals surface area (Å²) in [6, 6.07) is 0.244. The van der Waals surface area contributed by atoms with Crippen LogP contribution in [0.25, 0.3) is 0 Å². The quantitative estimate of drug-likeness (QED) is 0.668. The van der Waals surface area contributed by atoms with E-state index in [0.29, 0.717) is 26.1 Å². The van der Waals surface area contributed by atoms with Crippen LogP contribution in [-0.4, -0.2) is 65.6 Å². The summed E-state index contributed by atoms with van der Waals surface area (Å²) in [5.41, 5.74) is 0.854. The molecule has 1 saturated heterocycles. The van der Waals surface area contributed by atoms with Crippen molar-refractivity contribution in [1.29, 1.82) is 0 Å². The first-order valence-corrected chi connectivity index (χ1v) is 10.8. The van der Waals surface area contributed by atoms with Gasteiger partial charge in [0.15, 0.2) is 0 Å². The van der Waals surface area contributed by atoms with E-state index in [1.807, 2.05) is 11.5 Å². The predicted octanol–water partition coefficient (Wildman–Crippen LogP) is 1.45. The van der Waals surface area contributed by atoms with Gasteiger partial charge in [-0.1, -0.05) is 6.92 Å². The number of imidazole rings is 1. The second-order valence-corrected chi connectivity index (χ2v) is 8.89. The Labute approximate surface area is 150 Å². The van der Waals surface area contributed by atoms with E-state index in [4.69, 9.17) is 4.74 Å². The fourth-order valence-corrected chi connectivity index (χ4v) is 4.63. The van der Waals surface area contributed by atoms with Crippen molar-refractivity contribution in [3.63, 3.8) is 0 Å². The van der Waals surface area contributed by atoms with Crippen LogP contribution in [0.15, 0.2) is 11.4 Å². The van der Waals surface area contributed by atoms with E-state index in [2.05, 4.69) is 23.7 Å². The summed E-state index contributed by atoms with van der Waals surface area (Å²) < 4.78 is 32.7. The van der Waals surface area contributed by atoms with Crippen molar-refractivity contribution in [2.75, 3.05) is 25.5 Å². The van der Waals surface area contributed by atoms with Gasteiger partial charge >= 0.3 is 0 Å². The molecular formula is C17H31N3O4S. The number of aliphatic hydroxyl groups is 1. The number of nitrogens with zero attached hydrogens (tertiary/aromatic N) is 3. The second kappa shape index (κ2) is 9.12. The van der Waals surface area contributed by atoms with Gasteiger partial charge in [0.1, 0.15) is 0 Å². The predicted molar refractivity (Wildman–Crippen MR) is 96.2 cm³/mol. The van der Waals surface area contributed by atoms with Crippen molar-refractivity contribution < 1.29 is 18.3 Å². The monoisotopic (exact) mass is 373 g/mol. The fourth-order valence-electron chi connectivity index (χ4n) is 3.17. The molecule has 1 atom stereocenters. The number of hydrogen-bond donors (Lipinski definition) is 1. The van der Waals surface area contributed by atoms with Gasteiger partial charge < -0.3 is 14.4 Å². The lowest BCUT2D eigenvalue weighted by Gasteiger charge is -2.26. The van der Waals surface area contributed by atoms with E-state index in [0.717, 1.165) is 25.1 Å². The lowest BCUT2D eigenvalue weighted by atomic mass is 10.2. The Hall–Kier alpha value is -0.960. The Balaban J connectivity index is 2.32. The summed E-state index contributed by atoms with van der Waals surface area (Å²) >= 11 is 0. The first kappa shape index (κ1) is 20.4.